The van der Waals surface area contributed by atoms with Gasteiger partial charge in [-0.05, 0) is 97.4 Å². The molecule has 7 aromatic carbocycles. The number of hydrogen-bond donors (Lipinski definition) is 0. The second kappa shape index (κ2) is 10.7. The van der Waals surface area contributed by atoms with E-state index in [2.05, 4.69) is 177 Å². The molecule has 51 heavy (non-hydrogen) atoms. The van der Waals surface area contributed by atoms with Crippen molar-refractivity contribution in [3.8, 4) is 11.1 Å². The molecular formula is C49H35NS. The maximum absolute atomic E-state index is 2.53. The molecule has 0 saturated heterocycles. The van der Waals surface area contributed by atoms with Crippen LogP contribution in [0, 0.1) is 5.92 Å². The number of nitrogens with zero attached hydrogens (tertiary/aromatic N) is 1. The first-order chi connectivity index (χ1) is 25.1. The molecule has 0 radical (unpaired) electrons. The van der Waals surface area contributed by atoms with Gasteiger partial charge in [-0.25, -0.2) is 0 Å². The number of rotatable bonds is 3. The second-order valence-corrected chi connectivity index (χ2v) is 15.9. The normalized spacial score (nSPS) is 17.2. The van der Waals surface area contributed by atoms with Crippen LogP contribution in [-0.4, -0.2) is 0 Å². The molecule has 0 amide bonds. The quantitative estimate of drug-likeness (QED) is 0.169. The van der Waals surface area contributed by atoms with Crippen molar-refractivity contribution in [3.05, 3.63) is 180 Å². The van der Waals surface area contributed by atoms with Gasteiger partial charge in [-0.15, -0.1) is 11.3 Å². The molecule has 1 nitrogen and oxygen atoms in total. The van der Waals surface area contributed by atoms with Crippen LogP contribution < -0.4 is 4.90 Å². The second-order valence-electron chi connectivity index (χ2n) is 14.8. The molecule has 242 valence electrons. The molecule has 1 heterocycles. The van der Waals surface area contributed by atoms with E-state index in [1.165, 1.54) is 97.4 Å². The summed E-state index contributed by atoms with van der Waals surface area (Å²) in [6, 6.07) is 45.8. The molecule has 3 aliphatic carbocycles. The molecule has 1 unspecified atom stereocenters. The smallest absolute Gasteiger partial charge is 0.0496 e. The Hall–Kier alpha value is -5.70. The van der Waals surface area contributed by atoms with Crippen LogP contribution in [-0.2, 0) is 5.41 Å². The van der Waals surface area contributed by atoms with Crippen LogP contribution in [0.4, 0.5) is 11.4 Å². The van der Waals surface area contributed by atoms with Crippen LogP contribution in [0.2, 0.25) is 0 Å². The van der Waals surface area contributed by atoms with E-state index >= 15 is 0 Å². The van der Waals surface area contributed by atoms with E-state index in [-0.39, 0.29) is 5.41 Å². The molecule has 11 rings (SSSR count). The van der Waals surface area contributed by atoms with Gasteiger partial charge in [-0.2, -0.15) is 0 Å². The summed E-state index contributed by atoms with van der Waals surface area (Å²) in [4.78, 5) is 2.53. The molecular weight excluding hydrogens is 635 g/mol. The SMILES string of the molecule is CC1(C)c2ccc(N(C3=C4C=CC=CC4CC=C3)c3ccc4c5ccccc5c5ccccc5c4c3)cc2-c2c1ccc1c2sc2ccccc21. The summed E-state index contributed by atoms with van der Waals surface area (Å²) >= 11 is 1.94. The predicted octanol–water partition coefficient (Wildman–Crippen LogP) is 13.9. The van der Waals surface area contributed by atoms with Crippen molar-refractivity contribution in [1.82, 2.24) is 0 Å². The molecule has 3 aliphatic rings. The van der Waals surface area contributed by atoms with E-state index in [4.69, 9.17) is 0 Å². The first-order valence-electron chi connectivity index (χ1n) is 18.0. The molecule has 1 atom stereocenters. The maximum Gasteiger partial charge on any atom is 0.0496 e. The van der Waals surface area contributed by atoms with E-state index in [1.54, 1.807) is 0 Å². The van der Waals surface area contributed by atoms with Gasteiger partial charge in [0, 0.05) is 54.1 Å². The van der Waals surface area contributed by atoms with E-state index in [1.807, 2.05) is 11.3 Å². The molecule has 2 heteroatoms. The minimum absolute atomic E-state index is 0.0874. The Kier molecular flexibility index (Phi) is 6.07. The van der Waals surface area contributed by atoms with Gasteiger partial charge in [-0.3, -0.25) is 0 Å². The lowest BCUT2D eigenvalue weighted by Crippen LogP contribution is -2.22. The lowest BCUT2D eigenvalue weighted by Gasteiger charge is -2.33. The van der Waals surface area contributed by atoms with Gasteiger partial charge in [0.15, 0.2) is 0 Å². The Morgan fingerprint density at radius 3 is 2.00 bits per heavy atom. The Balaban J connectivity index is 1.19. The summed E-state index contributed by atoms with van der Waals surface area (Å²) < 4.78 is 2.75. The van der Waals surface area contributed by atoms with Gasteiger partial charge >= 0.3 is 0 Å². The molecule has 0 aliphatic heterocycles. The Morgan fingerprint density at radius 1 is 0.588 bits per heavy atom. The highest BCUT2D eigenvalue weighted by molar-refractivity contribution is 7.26. The number of thiophene rings is 1. The first kappa shape index (κ1) is 29.1. The molecule has 1 aromatic heterocycles. The molecule has 0 bridgehead atoms. The van der Waals surface area contributed by atoms with Gasteiger partial charge in [0.25, 0.3) is 0 Å². The van der Waals surface area contributed by atoms with Crippen LogP contribution in [0.3, 0.4) is 0 Å². The minimum Gasteiger partial charge on any atom is -0.310 e. The van der Waals surface area contributed by atoms with Crippen molar-refractivity contribution >= 4 is 75.2 Å². The van der Waals surface area contributed by atoms with Crippen LogP contribution >= 0.6 is 11.3 Å². The fourth-order valence-electron chi connectivity index (χ4n) is 9.30. The van der Waals surface area contributed by atoms with Gasteiger partial charge in [0.1, 0.15) is 0 Å². The molecule has 0 spiro atoms. The topological polar surface area (TPSA) is 3.24 Å². The summed E-state index contributed by atoms with van der Waals surface area (Å²) in [5.41, 5.74) is 10.5. The zero-order valence-electron chi connectivity index (χ0n) is 28.7. The summed E-state index contributed by atoms with van der Waals surface area (Å²) in [7, 11) is 0. The summed E-state index contributed by atoms with van der Waals surface area (Å²) in [6.45, 7) is 4.79. The van der Waals surface area contributed by atoms with Gasteiger partial charge in [0.05, 0.1) is 0 Å². The average Bonchev–Trinajstić information content (AvgIpc) is 3.67. The zero-order chi connectivity index (χ0) is 33.8. The van der Waals surface area contributed by atoms with Gasteiger partial charge < -0.3 is 4.90 Å². The lowest BCUT2D eigenvalue weighted by atomic mass is 9.82. The predicted molar refractivity (Wildman–Crippen MR) is 221 cm³/mol. The Labute approximate surface area is 301 Å². The van der Waals surface area contributed by atoms with Crippen molar-refractivity contribution in [1.29, 1.82) is 0 Å². The van der Waals surface area contributed by atoms with Crippen molar-refractivity contribution < 1.29 is 0 Å². The van der Waals surface area contributed by atoms with Crippen LogP contribution in [0.25, 0.3) is 63.6 Å². The highest BCUT2D eigenvalue weighted by Gasteiger charge is 2.38. The maximum atomic E-state index is 2.53. The number of benzene rings is 7. The van der Waals surface area contributed by atoms with Crippen LogP contribution in [0.5, 0.6) is 0 Å². The number of fused-ring (bicyclic) bond motifs is 14. The highest BCUT2D eigenvalue weighted by atomic mass is 32.1. The van der Waals surface area contributed by atoms with Crippen LogP contribution in [0.15, 0.2) is 169 Å². The molecule has 0 N–H and O–H groups in total. The third-order valence-corrected chi connectivity index (χ3v) is 12.9. The number of anilines is 2. The van der Waals surface area contributed by atoms with E-state index in [0.29, 0.717) is 5.92 Å². The number of hydrogen-bond acceptors (Lipinski definition) is 2. The third kappa shape index (κ3) is 4.08. The Bertz CT molecular complexity index is 2890. The number of allylic oxidation sites excluding steroid dienone is 7. The van der Waals surface area contributed by atoms with Gasteiger partial charge in [-0.1, -0.05) is 135 Å². The van der Waals surface area contributed by atoms with E-state index in [0.717, 1.165) is 6.42 Å². The lowest BCUT2D eigenvalue weighted by molar-refractivity contribution is 0.661. The van der Waals surface area contributed by atoms with E-state index < -0.39 is 0 Å². The first-order valence-corrected chi connectivity index (χ1v) is 18.9. The standard InChI is InChI=1S/C49H35NS/c1-49(2)43-26-23-32(29-42(43)47-44(49)27-25-40-39-19-9-10-21-46(39)51-48(40)47)50(45-20-11-13-30-12-3-4-14-33(30)45)31-22-24-38-36-17-6-5-15-34(36)35-16-7-8-18-37(35)41(38)28-31/h3-12,14-30H,13H2,1-2H3. The fourth-order valence-corrected chi connectivity index (χ4v) is 10.6. The minimum atomic E-state index is -0.0874. The highest BCUT2D eigenvalue weighted by Crippen LogP contribution is 2.55. The largest absolute Gasteiger partial charge is 0.310 e. The summed E-state index contributed by atoms with van der Waals surface area (Å²) in [5, 5.41) is 10.5. The summed E-state index contributed by atoms with van der Waals surface area (Å²) in [6.07, 6.45) is 14.8. The van der Waals surface area contributed by atoms with Crippen molar-refractivity contribution in [2.75, 3.05) is 4.90 Å². The molecule has 0 fully saturated rings. The fraction of sp³-hybridized carbons (Fsp3) is 0.102. The van der Waals surface area contributed by atoms with Crippen molar-refractivity contribution in [2.45, 2.75) is 25.7 Å². The van der Waals surface area contributed by atoms with E-state index in [9.17, 15) is 0 Å². The Morgan fingerprint density at radius 2 is 1.22 bits per heavy atom. The van der Waals surface area contributed by atoms with Crippen LogP contribution in [0.1, 0.15) is 31.4 Å². The molecule has 0 saturated carbocycles. The molecule has 8 aromatic rings. The average molecular weight is 670 g/mol. The van der Waals surface area contributed by atoms with Gasteiger partial charge in [0.2, 0.25) is 0 Å². The summed E-state index contributed by atoms with van der Waals surface area (Å²) in [5.74, 6) is 0.370. The van der Waals surface area contributed by atoms with Crippen molar-refractivity contribution in [2.24, 2.45) is 5.92 Å². The third-order valence-electron chi connectivity index (χ3n) is 11.7. The monoisotopic (exact) mass is 669 g/mol. The van der Waals surface area contributed by atoms with Crippen molar-refractivity contribution in [3.63, 3.8) is 0 Å². The zero-order valence-corrected chi connectivity index (χ0v) is 29.5.